The Balaban J connectivity index is 0.000000188. The Kier molecular flexibility index (Phi) is 15.6. The molecule has 2 aliphatic rings. The van der Waals surface area contributed by atoms with Gasteiger partial charge in [-0.2, -0.15) is 0 Å². The number of benzene rings is 5. The third-order valence-corrected chi connectivity index (χ3v) is 16.1. The maximum Gasteiger partial charge on any atom is 0.268 e. The van der Waals surface area contributed by atoms with Crippen LogP contribution in [0.2, 0.25) is 10.0 Å². The summed E-state index contributed by atoms with van der Waals surface area (Å²) in [4.78, 5) is 51.3. The number of amides is 2. The van der Waals surface area contributed by atoms with E-state index in [1.165, 1.54) is 10.2 Å². The molecule has 19 heteroatoms. The van der Waals surface area contributed by atoms with E-state index >= 15 is 0 Å². The number of halogens is 2. The number of nitrogens with one attached hydrogen (secondary N) is 3. The minimum absolute atomic E-state index is 0. The number of anilines is 4. The van der Waals surface area contributed by atoms with Crippen LogP contribution in [-0.4, -0.2) is 97.2 Å². The molecule has 0 atom stereocenters. The molecule has 0 radical (unpaired) electrons. The van der Waals surface area contributed by atoms with Crippen LogP contribution in [0.25, 0.3) is 44.3 Å². The van der Waals surface area contributed by atoms with Gasteiger partial charge in [-0.25, -0.2) is 32.3 Å². The molecule has 11 rings (SSSR count). The molecule has 0 bridgehead atoms. The van der Waals surface area contributed by atoms with Crippen LogP contribution in [0.15, 0.2) is 145 Å². The highest BCUT2D eigenvalue weighted by Gasteiger charge is 2.28. The van der Waals surface area contributed by atoms with Gasteiger partial charge in [0.15, 0.2) is 0 Å². The van der Waals surface area contributed by atoms with Gasteiger partial charge in [0.25, 0.3) is 21.8 Å². The Hall–Kier alpha value is -7.99. The molecule has 9 aromatic rings. The number of hydrogen-bond donors (Lipinski definition) is 5. The molecule has 76 heavy (non-hydrogen) atoms. The van der Waals surface area contributed by atoms with Crippen molar-refractivity contribution in [2.75, 3.05) is 48.3 Å². The highest BCUT2D eigenvalue weighted by Crippen LogP contribution is 2.37. The first-order valence-electron chi connectivity index (χ1n) is 24.6. The van der Waals surface area contributed by atoms with E-state index in [1.807, 2.05) is 78.4 Å². The van der Waals surface area contributed by atoms with E-state index in [-0.39, 0.29) is 36.2 Å². The van der Waals surface area contributed by atoms with E-state index in [9.17, 15) is 18.0 Å². The first-order chi connectivity index (χ1) is 36.2. The van der Waals surface area contributed by atoms with E-state index in [2.05, 4.69) is 25.6 Å². The van der Waals surface area contributed by atoms with Crippen LogP contribution in [0, 0.1) is 13.8 Å². The molecule has 0 aliphatic carbocycles. The SMILES string of the molecule is C.Cc1cc(C(=O)N2CCC(Nc3ncc(Cl)c(-c4c[nH]c5ccccc45)n3)CC2)ccc1N.Cc1cc(C(=O)N2CCC(Nc3ncc(Cl)c(-c4cn(S(=O)(=O)c5ccccc5)c5ccccc45)n3)CC2)ccc1N. The van der Waals surface area contributed by atoms with Crippen molar-refractivity contribution in [3.63, 3.8) is 0 Å². The number of para-hydroxylation sites is 2. The summed E-state index contributed by atoms with van der Waals surface area (Å²) in [5, 5.41) is 9.39. The van der Waals surface area contributed by atoms with Crippen LogP contribution in [0.3, 0.4) is 0 Å². The van der Waals surface area contributed by atoms with Crippen molar-refractivity contribution in [2.45, 2.75) is 63.9 Å². The lowest BCUT2D eigenvalue weighted by Gasteiger charge is -2.32. The van der Waals surface area contributed by atoms with E-state index in [0.717, 1.165) is 53.3 Å². The first kappa shape index (κ1) is 52.9. The Morgan fingerprint density at radius 3 is 1.63 bits per heavy atom. The highest BCUT2D eigenvalue weighted by molar-refractivity contribution is 7.90. The fourth-order valence-electron chi connectivity index (χ4n) is 9.56. The molecule has 7 N–H and O–H groups in total. The monoisotopic (exact) mass is 1080 g/mol. The lowest BCUT2D eigenvalue weighted by atomic mass is 10.0. The second kappa shape index (κ2) is 22.5. The second-order valence-corrected chi connectivity index (χ2v) is 21.4. The zero-order valence-electron chi connectivity index (χ0n) is 41.2. The highest BCUT2D eigenvalue weighted by atomic mass is 35.5. The van der Waals surface area contributed by atoms with Crippen LogP contribution in [0.1, 0.15) is 65.0 Å². The Labute approximate surface area is 451 Å². The van der Waals surface area contributed by atoms with Crippen LogP contribution in [-0.2, 0) is 10.0 Å². The number of H-pyrrole nitrogens is 1. The molecule has 390 valence electrons. The number of rotatable bonds is 10. The number of aromatic nitrogens is 6. The van der Waals surface area contributed by atoms with Gasteiger partial charge < -0.3 is 36.9 Å². The number of piperidine rings is 2. The normalized spacial score (nSPS) is 14.2. The number of likely N-dealkylation sites (tertiary alicyclic amines) is 2. The van der Waals surface area contributed by atoms with Crippen molar-refractivity contribution in [2.24, 2.45) is 0 Å². The number of carbonyl (C=O) groups is 2. The summed E-state index contributed by atoms with van der Waals surface area (Å²) in [5.41, 5.74) is 20.5. The maximum atomic E-state index is 13.6. The van der Waals surface area contributed by atoms with Crippen LogP contribution in [0.4, 0.5) is 23.3 Å². The van der Waals surface area contributed by atoms with Crippen molar-refractivity contribution in [1.29, 1.82) is 0 Å². The van der Waals surface area contributed by atoms with Crippen LogP contribution in [0.5, 0.6) is 0 Å². The minimum atomic E-state index is -3.86. The average molecular weight is 1080 g/mol. The maximum absolute atomic E-state index is 13.6. The van der Waals surface area contributed by atoms with Gasteiger partial charge in [-0.1, -0.05) is 85.2 Å². The van der Waals surface area contributed by atoms with Crippen molar-refractivity contribution >= 4 is 90.1 Å². The Morgan fingerprint density at radius 2 is 1.11 bits per heavy atom. The first-order valence-corrected chi connectivity index (χ1v) is 26.8. The number of aromatic amines is 1. The van der Waals surface area contributed by atoms with Gasteiger partial charge in [0.2, 0.25) is 11.9 Å². The number of nitrogens with zero attached hydrogens (tertiary/aromatic N) is 7. The number of hydrogen-bond acceptors (Lipinski definition) is 12. The summed E-state index contributed by atoms with van der Waals surface area (Å²) < 4.78 is 28.4. The molecule has 5 aromatic carbocycles. The number of carbonyl (C=O) groups excluding carboxylic acids is 2. The summed E-state index contributed by atoms with van der Waals surface area (Å²) in [7, 11) is -3.86. The van der Waals surface area contributed by atoms with Crippen molar-refractivity contribution in [3.8, 4) is 22.5 Å². The molecule has 0 saturated carbocycles. The van der Waals surface area contributed by atoms with Gasteiger partial charge >= 0.3 is 0 Å². The quantitative estimate of drug-likeness (QED) is 0.0807. The Morgan fingerprint density at radius 1 is 0.632 bits per heavy atom. The van der Waals surface area contributed by atoms with Gasteiger partial charge in [0, 0.05) is 101 Å². The minimum Gasteiger partial charge on any atom is -0.399 e. The lowest BCUT2D eigenvalue weighted by molar-refractivity contribution is 0.0710. The zero-order chi connectivity index (χ0) is 52.4. The molecule has 0 unspecified atom stereocenters. The van der Waals surface area contributed by atoms with Crippen molar-refractivity contribution in [3.05, 3.63) is 172 Å². The van der Waals surface area contributed by atoms with E-state index in [0.29, 0.717) is 98.5 Å². The van der Waals surface area contributed by atoms with Crippen molar-refractivity contribution in [1.82, 2.24) is 38.7 Å². The van der Waals surface area contributed by atoms with Gasteiger partial charge in [0.1, 0.15) is 0 Å². The Bertz CT molecular complexity index is 3700. The molecule has 4 aromatic heterocycles. The second-order valence-electron chi connectivity index (χ2n) is 18.8. The largest absolute Gasteiger partial charge is 0.399 e. The van der Waals surface area contributed by atoms with Gasteiger partial charge in [-0.05, 0) is 111 Å². The number of aryl methyl sites for hydroxylation is 2. The molecular weight excluding hydrogens is 1020 g/mol. The molecule has 0 spiro atoms. The molecule has 2 amide bonds. The molecule has 2 aliphatic heterocycles. The third kappa shape index (κ3) is 11.0. The topological polar surface area (TPSA) is 223 Å². The molecule has 16 nitrogen and oxygen atoms in total. The van der Waals surface area contributed by atoms with Crippen molar-refractivity contribution < 1.29 is 18.0 Å². The zero-order valence-corrected chi connectivity index (χ0v) is 43.5. The summed E-state index contributed by atoms with van der Waals surface area (Å²) in [5.74, 6) is 0.957. The van der Waals surface area contributed by atoms with Gasteiger partial charge in [0.05, 0.1) is 44.2 Å². The fourth-order valence-corrected chi connectivity index (χ4v) is 11.3. The fraction of sp³-hybridized carbons (Fsp3) is 0.228. The summed E-state index contributed by atoms with van der Waals surface area (Å²) in [6.45, 7) is 6.32. The third-order valence-electron chi connectivity index (χ3n) is 13.8. The van der Waals surface area contributed by atoms with Crippen LogP contribution < -0.4 is 22.1 Å². The smallest absolute Gasteiger partial charge is 0.268 e. The predicted octanol–water partition coefficient (Wildman–Crippen LogP) is 11.1. The number of fused-ring (bicyclic) bond motifs is 2. The summed E-state index contributed by atoms with van der Waals surface area (Å²) in [6.07, 6.45) is 9.70. The van der Waals surface area contributed by atoms with Crippen LogP contribution >= 0.6 is 23.2 Å². The number of nitrogens with two attached hydrogens (primary N) is 2. The van der Waals surface area contributed by atoms with E-state index < -0.39 is 10.0 Å². The lowest BCUT2D eigenvalue weighted by Crippen LogP contribution is -2.42. The standard InChI is InChI=1S/C31H29ClN6O3S.C25H25ClN6O.CH4/c1-20-17-21(11-12-27(20)33)30(39)37-15-13-22(14-16-37)35-31-34-18-26(32)29(36-31)25-19-38(28-10-6-5-9-24(25)28)42(40,41)23-7-3-2-4-8-23;1-15-12-16(6-7-21(15)27)24(33)32-10-8-17(9-11-32)30-25-29-14-20(26)23(31-25)19-13-28-22-5-3-2-4-18(19)22;/h2-12,17-19,22H,13-16,33H2,1H3,(H,34,35,36);2-7,12-14,17,28H,8-11,27H2,1H3,(H,29,30,31);1H4. The molecule has 6 heterocycles. The predicted molar refractivity (Wildman–Crippen MR) is 304 cm³/mol. The number of nitrogen functional groups attached to an aromatic ring is 2. The average Bonchev–Trinajstić information content (AvgIpc) is 4.05. The van der Waals surface area contributed by atoms with E-state index in [1.54, 1.807) is 79.1 Å². The van der Waals surface area contributed by atoms with E-state index in [4.69, 9.17) is 44.6 Å². The summed E-state index contributed by atoms with van der Waals surface area (Å²) in [6, 6.07) is 34.6. The van der Waals surface area contributed by atoms with Gasteiger partial charge in [-0.3, -0.25) is 9.59 Å². The van der Waals surface area contributed by atoms with Gasteiger partial charge in [-0.15, -0.1) is 0 Å². The molecule has 2 fully saturated rings. The molecule has 2 saturated heterocycles. The summed E-state index contributed by atoms with van der Waals surface area (Å²) >= 11 is 13.0. The molecular formula is C57H58Cl2N12O4S.